The highest BCUT2D eigenvalue weighted by molar-refractivity contribution is 5.88. The van der Waals surface area contributed by atoms with Crippen molar-refractivity contribution >= 4 is 5.97 Å². The van der Waals surface area contributed by atoms with E-state index in [0.29, 0.717) is 0 Å². The summed E-state index contributed by atoms with van der Waals surface area (Å²) in [5.41, 5.74) is -1.63. The van der Waals surface area contributed by atoms with Crippen LogP contribution < -0.4 is 5.49 Å². The molecule has 1 aromatic rings. The molecule has 0 unspecified atom stereocenters. The summed E-state index contributed by atoms with van der Waals surface area (Å²) in [6.45, 7) is 0. The van der Waals surface area contributed by atoms with E-state index < -0.39 is 23.4 Å². The zero-order chi connectivity index (χ0) is 14.6. The number of nitriles is 1. The maximum Gasteiger partial charge on any atom is 0.360 e. The summed E-state index contributed by atoms with van der Waals surface area (Å²) in [4.78, 5) is 15.4. The van der Waals surface area contributed by atoms with Crippen LogP contribution in [0.4, 0.5) is 0 Å². The number of methoxy groups -OCH3 is 3. The second-order valence-corrected chi connectivity index (χ2v) is 3.26. The van der Waals surface area contributed by atoms with Gasteiger partial charge in [-0.15, -0.1) is 0 Å². The molecule has 1 aromatic heterocycles. The molecule has 9 nitrogen and oxygen atoms in total. The van der Waals surface area contributed by atoms with Gasteiger partial charge < -0.3 is 19.4 Å². The fourth-order valence-corrected chi connectivity index (χ4v) is 1.40. The van der Waals surface area contributed by atoms with Gasteiger partial charge in [0, 0.05) is 14.2 Å². The van der Waals surface area contributed by atoms with E-state index in [1.165, 1.54) is 14.2 Å². The van der Waals surface area contributed by atoms with E-state index in [-0.39, 0.29) is 16.1 Å². The van der Waals surface area contributed by atoms with Gasteiger partial charge >= 0.3 is 5.97 Å². The van der Waals surface area contributed by atoms with Gasteiger partial charge in [0.2, 0.25) is 6.29 Å². The van der Waals surface area contributed by atoms with Crippen LogP contribution in [-0.2, 0) is 14.2 Å². The van der Waals surface area contributed by atoms with Gasteiger partial charge in [0.15, 0.2) is 16.9 Å². The number of hydrogen-bond acceptors (Lipinski definition) is 8. The van der Waals surface area contributed by atoms with Gasteiger partial charge in [0.1, 0.15) is 11.8 Å². The quantitative estimate of drug-likeness (QED) is 0.429. The maximum absolute atomic E-state index is 11.6. The fraction of sp³-hybridized carbons (Fsp3) is 0.400. The summed E-state index contributed by atoms with van der Waals surface area (Å²) in [5, 5.41) is 26.1. The average molecular weight is 268 g/mol. The van der Waals surface area contributed by atoms with E-state index >= 15 is 0 Å². The summed E-state index contributed by atoms with van der Waals surface area (Å²) in [5.74, 6) is -0.943. The molecular weight excluding hydrogens is 256 g/mol. The lowest BCUT2D eigenvalue weighted by atomic mass is 10.2. The number of ether oxygens (including phenoxy) is 3. The number of aromatic nitrogens is 2. The van der Waals surface area contributed by atoms with Crippen molar-refractivity contribution in [2.24, 2.45) is 0 Å². The Labute approximate surface area is 108 Å². The lowest BCUT2D eigenvalue weighted by molar-refractivity contribution is -0.110. The van der Waals surface area contributed by atoms with Gasteiger partial charge in [-0.2, -0.15) is 9.99 Å². The molecule has 0 spiro atoms. The Balaban J connectivity index is 3.68. The van der Waals surface area contributed by atoms with Crippen molar-refractivity contribution in [1.29, 1.82) is 10.7 Å². The van der Waals surface area contributed by atoms with E-state index in [1.54, 1.807) is 6.07 Å². The number of hydrogen-bond donors (Lipinski definition) is 2. The first-order valence-corrected chi connectivity index (χ1v) is 4.96. The number of nitrogens with zero attached hydrogens (tertiary/aromatic N) is 3. The van der Waals surface area contributed by atoms with Crippen LogP contribution in [0.3, 0.4) is 0 Å². The Bertz CT molecular complexity index is 585. The molecule has 2 N–H and O–H groups in total. The van der Waals surface area contributed by atoms with Gasteiger partial charge in [-0.25, -0.2) is 9.78 Å². The fourth-order valence-electron chi connectivity index (χ4n) is 1.40. The van der Waals surface area contributed by atoms with Crippen molar-refractivity contribution < 1.29 is 24.2 Å². The largest absolute Gasteiger partial charge is 0.464 e. The predicted molar refractivity (Wildman–Crippen MR) is 58.1 cm³/mol. The van der Waals surface area contributed by atoms with Crippen LogP contribution in [0.2, 0.25) is 0 Å². The second-order valence-electron chi connectivity index (χ2n) is 3.26. The lowest BCUT2D eigenvalue weighted by Gasteiger charge is -2.17. The predicted octanol–water partition coefficient (Wildman–Crippen LogP) is -0.450. The molecule has 102 valence electrons. The molecule has 1 heterocycles. The van der Waals surface area contributed by atoms with Gasteiger partial charge in [-0.3, -0.25) is 5.41 Å². The highest BCUT2D eigenvalue weighted by Gasteiger charge is 2.27. The van der Waals surface area contributed by atoms with Crippen LogP contribution in [0.15, 0.2) is 0 Å². The smallest absolute Gasteiger partial charge is 0.360 e. The molecule has 0 radical (unpaired) electrons. The Kier molecular flexibility index (Phi) is 4.57. The number of carbonyl (C=O) groups is 1. The zero-order valence-corrected chi connectivity index (χ0v) is 10.5. The van der Waals surface area contributed by atoms with E-state index in [1.807, 2.05) is 0 Å². The Morgan fingerprint density at radius 1 is 1.47 bits per heavy atom. The highest BCUT2D eigenvalue weighted by Crippen LogP contribution is 2.19. The number of carbonyl (C=O) groups excluding carboxylic acids is 1. The monoisotopic (exact) mass is 268 g/mol. The number of esters is 1. The van der Waals surface area contributed by atoms with Gasteiger partial charge in [0.25, 0.3) is 0 Å². The molecule has 19 heavy (non-hydrogen) atoms. The van der Waals surface area contributed by atoms with Crippen molar-refractivity contribution in [2.45, 2.75) is 6.29 Å². The van der Waals surface area contributed by atoms with Crippen LogP contribution in [0.1, 0.15) is 28.2 Å². The molecule has 1 rings (SSSR count). The van der Waals surface area contributed by atoms with Crippen LogP contribution in [0, 0.1) is 16.7 Å². The number of rotatable bonds is 4. The summed E-state index contributed by atoms with van der Waals surface area (Å²) in [7, 11) is 3.68. The minimum absolute atomic E-state index is 0.160. The van der Waals surface area contributed by atoms with Gasteiger partial charge in [-0.05, 0) is 0 Å². The maximum atomic E-state index is 11.6. The summed E-state index contributed by atoms with van der Waals surface area (Å²) >= 11 is 0. The lowest BCUT2D eigenvalue weighted by Crippen LogP contribution is -2.32. The SMILES string of the molecule is COC(=O)c1c(C(OC)OC)nc(C#N)c(=N)n1O. The molecular formula is C10H12N4O5. The standard InChI is InChI=1S/C10H12N4O5/c1-17-9(15)7-6(10(18-2)19-3)13-5(4-11)8(12)14(7)16/h10,12,16H,1-3H3. The topological polar surface area (TPSA) is 130 Å². The molecule has 9 heteroatoms. The van der Waals surface area contributed by atoms with Crippen molar-refractivity contribution in [3.63, 3.8) is 0 Å². The molecule has 0 aromatic carbocycles. The molecule has 0 saturated heterocycles. The van der Waals surface area contributed by atoms with Crippen LogP contribution >= 0.6 is 0 Å². The molecule has 0 amide bonds. The van der Waals surface area contributed by atoms with Crippen molar-refractivity contribution in [2.75, 3.05) is 21.3 Å². The van der Waals surface area contributed by atoms with Crippen molar-refractivity contribution in [3.8, 4) is 6.07 Å². The van der Waals surface area contributed by atoms with Crippen LogP contribution in [-0.4, -0.2) is 42.2 Å². The van der Waals surface area contributed by atoms with E-state index in [2.05, 4.69) is 9.72 Å². The molecule has 0 atom stereocenters. The Hall–Kier alpha value is -2.44. The van der Waals surface area contributed by atoms with E-state index in [0.717, 1.165) is 7.11 Å². The van der Waals surface area contributed by atoms with Crippen molar-refractivity contribution in [1.82, 2.24) is 9.71 Å². The summed E-state index contributed by atoms with van der Waals surface area (Å²) < 4.78 is 14.5. The minimum atomic E-state index is -1.10. The molecule has 0 aliphatic heterocycles. The number of nitrogens with one attached hydrogen (secondary N) is 1. The first kappa shape index (κ1) is 14.6. The van der Waals surface area contributed by atoms with E-state index in [4.69, 9.17) is 20.1 Å². The first-order chi connectivity index (χ1) is 9.01. The van der Waals surface area contributed by atoms with E-state index in [9.17, 15) is 10.0 Å². The molecule has 0 bridgehead atoms. The van der Waals surface area contributed by atoms with Crippen LogP contribution in [0.5, 0.6) is 0 Å². The summed E-state index contributed by atoms with van der Waals surface area (Å²) in [6.07, 6.45) is -1.10. The molecule has 0 fully saturated rings. The zero-order valence-electron chi connectivity index (χ0n) is 10.5. The summed E-state index contributed by atoms with van der Waals surface area (Å²) in [6, 6.07) is 1.62. The normalized spacial score (nSPS) is 10.3. The van der Waals surface area contributed by atoms with Crippen LogP contribution in [0.25, 0.3) is 0 Å². The third-order valence-corrected chi connectivity index (χ3v) is 2.26. The highest BCUT2D eigenvalue weighted by atomic mass is 16.7. The van der Waals surface area contributed by atoms with Gasteiger partial charge in [0.05, 0.1) is 7.11 Å². The van der Waals surface area contributed by atoms with Gasteiger partial charge in [-0.1, -0.05) is 0 Å². The Morgan fingerprint density at radius 2 is 2.05 bits per heavy atom. The molecule has 0 saturated carbocycles. The molecule has 0 aliphatic rings. The third kappa shape index (κ3) is 2.54. The first-order valence-electron chi connectivity index (χ1n) is 4.96. The molecule has 0 aliphatic carbocycles. The minimum Gasteiger partial charge on any atom is -0.464 e. The Morgan fingerprint density at radius 3 is 2.47 bits per heavy atom. The third-order valence-electron chi connectivity index (χ3n) is 2.26. The van der Waals surface area contributed by atoms with Crippen molar-refractivity contribution in [3.05, 3.63) is 22.6 Å². The average Bonchev–Trinajstić information content (AvgIpc) is 2.43. The second kappa shape index (κ2) is 5.94.